The SMILES string of the molecule is [2H]c1c([2H])c([2H])c2c(N(c3ccccc3)c3ccc(-c4ccccc4)cc3)c([2H])c([2H])c(-c3ccc4oc5cc6ccccc6c(-c6nc7ccccc7o6)c5c4c3)c2c1[2H]. The van der Waals surface area contributed by atoms with E-state index in [1.54, 1.807) is 6.07 Å². The van der Waals surface area contributed by atoms with Crippen LogP contribution in [0.25, 0.3) is 88.3 Å². The van der Waals surface area contributed by atoms with Crippen molar-refractivity contribution >= 4 is 71.6 Å². The molecule has 0 aliphatic rings. The molecule has 0 saturated heterocycles. The summed E-state index contributed by atoms with van der Waals surface area (Å²) >= 11 is 0. The Morgan fingerprint density at radius 3 is 2.00 bits per heavy atom. The fourth-order valence-corrected chi connectivity index (χ4v) is 7.69. The first-order chi connectivity index (χ1) is 29.8. The van der Waals surface area contributed by atoms with Crippen LogP contribution in [0.3, 0.4) is 0 Å². The molecule has 55 heavy (non-hydrogen) atoms. The Kier molecular flexibility index (Phi) is 5.85. The van der Waals surface area contributed by atoms with Gasteiger partial charge in [-0.3, -0.25) is 0 Å². The molecule has 0 fully saturated rings. The maximum absolute atomic E-state index is 9.80. The van der Waals surface area contributed by atoms with E-state index < -0.39 is 12.1 Å². The third kappa shape index (κ3) is 5.19. The summed E-state index contributed by atoms with van der Waals surface area (Å²) in [5, 5.41) is 3.56. The van der Waals surface area contributed by atoms with Gasteiger partial charge in [0.05, 0.1) is 19.5 Å². The Bertz CT molecular complexity index is 3520. The summed E-state index contributed by atoms with van der Waals surface area (Å²) in [6.45, 7) is 0. The fourth-order valence-electron chi connectivity index (χ4n) is 7.69. The minimum absolute atomic E-state index is 0.133. The highest BCUT2D eigenvalue weighted by Crippen LogP contribution is 2.46. The van der Waals surface area contributed by atoms with Crippen LogP contribution in [0, 0.1) is 0 Å². The summed E-state index contributed by atoms with van der Waals surface area (Å²) in [7, 11) is 0. The van der Waals surface area contributed by atoms with Crippen LogP contribution in [0.1, 0.15) is 8.22 Å². The van der Waals surface area contributed by atoms with Crippen molar-refractivity contribution in [2.75, 3.05) is 4.90 Å². The summed E-state index contributed by atoms with van der Waals surface area (Å²) in [6.07, 6.45) is 0. The molecule has 0 N–H and O–H groups in total. The number of anilines is 3. The number of furan rings is 1. The Balaban J connectivity index is 1.20. The standard InChI is InChI=1S/C51H32N2O2/c1-3-13-33(14-4-1)34-23-26-38(27-24-34)53(37-16-5-2-6-17-37)45-29-28-39(41-19-9-10-20-42(41)45)36-25-30-46-43(31-36)49-48(54-46)32-35-15-7-8-18-40(35)50(49)51-52-44-21-11-12-22-47(44)55-51/h1-32H/i9D,10D,19D,20D,28D,29D. The monoisotopic (exact) mass is 710 g/mol. The quantitative estimate of drug-likeness (QED) is 0.172. The van der Waals surface area contributed by atoms with Crippen LogP contribution in [0.15, 0.2) is 203 Å². The van der Waals surface area contributed by atoms with Gasteiger partial charge in [0.2, 0.25) is 5.89 Å². The molecular weight excluding hydrogens is 673 g/mol. The second-order valence-corrected chi connectivity index (χ2v) is 13.5. The van der Waals surface area contributed by atoms with Gasteiger partial charge in [-0.05, 0) is 99.1 Å². The van der Waals surface area contributed by atoms with Crippen molar-refractivity contribution < 1.29 is 17.1 Å². The number of benzene rings is 9. The number of hydrogen-bond acceptors (Lipinski definition) is 4. The van der Waals surface area contributed by atoms with Gasteiger partial charge in [-0.15, -0.1) is 0 Å². The summed E-state index contributed by atoms with van der Waals surface area (Å²) in [6, 6.07) is 48.4. The summed E-state index contributed by atoms with van der Waals surface area (Å²) in [4.78, 5) is 6.71. The molecule has 11 aromatic rings. The van der Waals surface area contributed by atoms with Crippen LogP contribution >= 0.6 is 0 Å². The zero-order chi connectivity index (χ0) is 41.5. The van der Waals surface area contributed by atoms with Gasteiger partial charge in [-0.25, -0.2) is 4.98 Å². The van der Waals surface area contributed by atoms with Crippen molar-refractivity contribution in [3.63, 3.8) is 0 Å². The molecule has 0 radical (unpaired) electrons. The van der Waals surface area contributed by atoms with Crippen molar-refractivity contribution in [1.82, 2.24) is 4.98 Å². The molecule has 0 bridgehead atoms. The molecule has 2 heterocycles. The van der Waals surface area contributed by atoms with Crippen LogP contribution in [0.4, 0.5) is 17.1 Å². The second-order valence-electron chi connectivity index (χ2n) is 13.5. The van der Waals surface area contributed by atoms with Crippen molar-refractivity contribution in [1.29, 1.82) is 0 Å². The van der Waals surface area contributed by atoms with Crippen LogP contribution < -0.4 is 4.90 Å². The number of oxazole rings is 1. The predicted molar refractivity (Wildman–Crippen MR) is 227 cm³/mol. The molecule has 0 amide bonds. The topological polar surface area (TPSA) is 42.4 Å². The van der Waals surface area contributed by atoms with Gasteiger partial charge in [0.15, 0.2) is 5.58 Å². The lowest BCUT2D eigenvalue weighted by atomic mass is 9.94. The van der Waals surface area contributed by atoms with E-state index in [0.29, 0.717) is 50.5 Å². The van der Waals surface area contributed by atoms with Crippen LogP contribution in [0.5, 0.6) is 0 Å². The molecule has 4 nitrogen and oxygen atoms in total. The molecule has 0 spiro atoms. The third-order valence-electron chi connectivity index (χ3n) is 10.2. The van der Waals surface area contributed by atoms with Gasteiger partial charge in [0.1, 0.15) is 16.7 Å². The van der Waals surface area contributed by atoms with E-state index in [9.17, 15) is 5.48 Å². The maximum Gasteiger partial charge on any atom is 0.228 e. The first kappa shape index (κ1) is 25.5. The van der Waals surface area contributed by atoms with Gasteiger partial charge >= 0.3 is 0 Å². The molecule has 258 valence electrons. The number of fused-ring (bicyclic) bond motifs is 6. The highest BCUT2D eigenvalue weighted by Gasteiger charge is 2.22. The number of para-hydroxylation sites is 3. The Labute approximate surface area is 325 Å². The smallest absolute Gasteiger partial charge is 0.228 e. The lowest BCUT2D eigenvalue weighted by Crippen LogP contribution is -2.10. The lowest BCUT2D eigenvalue weighted by molar-refractivity contribution is 0.621. The third-order valence-corrected chi connectivity index (χ3v) is 10.2. The second kappa shape index (κ2) is 12.6. The lowest BCUT2D eigenvalue weighted by Gasteiger charge is -2.27. The first-order valence-electron chi connectivity index (χ1n) is 21.0. The minimum atomic E-state index is -0.431. The van der Waals surface area contributed by atoms with E-state index in [1.807, 2.05) is 157 Å². The minimum Gasteiger partial charge on any atom is -0.456 e. The number of aromatic nitrogens is 1. The zero-order valence-electron chi connectivity index (χ0n) is 35.2. The first-order valence-corrected chi connectivity index (χ1v) is 18.0. The molecule has 11 rings (SSSR count). The number of hydrogen-bond donors (Lipinski definition) is 0. The van der Waals surface area contributed by atoms with Crippen molar-refractivity contribution in [2.45, 2.75) is 0 Å². The molecule has 0 aliphatic carbocycles. The molecule has 0 unspecified atom stereocenters. The van der Waals surface area contributed by atoms with Gasteiger partial charge in [0.25, 0.3) is 0 Å². The molecule has 9 aromatic carbocycles. The van der Waals surface area contributed by atoms with Gasteiger partial charge < -0.3 is 13.7 Å². The van der Waals surface area contributed by atoms with E-state index in [2.05, 4.69) is 0 Å². The molecule has 0 atom stereocenters. The average Bonchev–Trinajstić information content (AvgIpc) is 3.90. The number of rotatable bonds is 6. The number of nitrogens with zero attached hydrogens (tertiary/aromatic N) is 2. The molecule has 0 saturated carbocycles. The van der Waals surface area contributed by atoms with Crippen LogP contribution in [-0.2, 0) is 0 Å². The summed E-state index contributed by atoms with van der Waals surface area (Å²) in [5.74, 6) is 0.424. The van der Waals surface area contributed by atoms with Crippen molar-refractivity contribution in [2.24, 2.45) is 0 Å². The van der Waals surface area contributed by atoms with Crippen molar-refractivity contribution in [3.05, 3.63) is 194 Å². The van der Waals surface area contributed by atoms with Crippen molar-refractivity contribution in [3.8, 4) is 33.7 Å². The van der Waals surface area contributed by atoms with Crippen LogP contribution in [-0.4, -0.2) is 4.98 Å². The van der Waals surface area contributed by atoms with Gasteiger partial charge in [-0.1, -0.05) is 133 Å². The maximum atomic E-state index is 9.80. The normalized spacial score (nSPS) is 13.2. The fraction of sp³-hybridized carbons (Fsp3) is 0. The highest BCUT2D eigenvalue weighted by molar-refractivity contribution is 6.21. The van der Waals surface area contributed by atoms with E-state index in [1.165, 1.54) is 0 Å². The van der Waals surface area contributed by atoms with E-state index in [4.69, 9.17) is 16.6 Å². The van der Waals surface area contributed by atoms with E-state index in [-0.39, 0.29) is 46.2 Å². The molecule has 0 aliphatic heterocycles. The highest BCUT2D eigenvalue weighted by atomic mass is 16.3. The van der Waals surface area contributed by atoms with E-state index in [0.717, 1.165) is 32.8 Å². The van der Waals surface area contributed by atoms with Crippen LogP contribution in [0.2, 0.25) is 0 Å². The van der Waals surface area contributed by atoms with Gasteiger partial charge in [0, 0.05) is 27.5 Å². The zero-order valence-corrected chi connectivity index (χ0v) is 29.2. The Hall–Kier alpha value is -7.43. The largest absolute Gasteiger partial charge is 0.456 e. The molecular formula is C51H32N2O2. The Morgan fingerprint density at radius 1 is 0.473 bits per heavy atom. The molecule has 2 aromatic heterocycles. The summed E-state index contributed by atoms with van der Waals surface area (Å²) in [5.41, 5.74) is 7.50. The predicted octanol–water partition coefficient (Wildman–Crippen LogP) is 14.5. The van der Waals surface area contributed by atoms with E-state index >= 15 is 0 Å². The average molecular weight is 711 g/mol. The molecule has 4 heteroatoms. The Morgan fingerprint density at radius 2 is 1.16 bits per heavy atom. The van der Waals surface area contributed by atoms with Gasteiger partial charge in [-0.2, -0.15) is 0 Å². The summed E-state index contributed by atoms with van der Waals surface area (Å²) < 4.78 is 69.1.